The fraction of sp³-hybridized carbons (Fsp3) is 0.158. The lowest BCUT2D eigenvalue weighted by molar-refractivity contribution is 0.0949. The monoisotopic (exact) mass is 350 g/mol. The number of aromatic nitrogens is 2. The normalized spacial score (nSPS) is 11.0. The fourth-order valence-electron chi connectivity index (χ4n) is 2.56. The van der Waals surface area contributed by atoms with Crippen molar-refractivity contribution in [3.05, 3.63) is 70.1 Å². The lowest BCUT2D eigenvalue weighted by atomic mass is 10.1. The number of hydrogen-bond acceptors (Lipinski definition) is 5. The quantitative estimate of drug-likeness (QED) is 0.564. The first-order valence-corrected chi connectivity index (χ1v) is 8.11. The summed E-state index contributed by atoms with van der Waals surface area (Å²) >= 11 is 0. The SMILES string of the molecule is CCn1nc(C(=O)N/N=C/c2cccc(OC)c2)c2ccccc2c1=O. The lowest BCUT2D eigenvalue weighted by Gasteiger charge is -2.08. The van der Waals surface area contributed by atoms with Gasteiger partial charge in [0.15, 0.2) is 5.69 Å². The maximum atomic E-state index is 12.5. The van der Waals surface area contributed by atoms with E-state index >= 15 is 0 Å². The van der Waals surface area contributed by atoms with Gasteiger partial charge in [-0.2, -0.15) is 10.2 Å². The van der Waals surface area contributed by atoms with Crippen molar-refractivity contribution in [2.24, 2.45) is 5.10 Å². The van der Waals surface area contributed by atoms with Gasteiger partial charge >= 0.3 is 0 Å². The van der Waals surface area contributed by atoms with Crippen LogP contribution in [-0.2, 0) is 6.54 Å². The molecule has 1 N–H and O–H groups in total. The van der Waals surface area contributed by atoms with Crippen LogP contribution in [0.3, 0.4) is 0 Å². The summed E-state index contributed by atoms with van der Waals surface area (Å²) in [5.41, 5.74) is 3.17. The summed E-state index contributed by atoms with van der Waals surface area (Å²) in [5.74, 6) is 0.213. The van der Waals surface area contributed by atoms with Gasteiger partial charge in [0.25, 0.3) is 11.5 Å². The van der Waals surface area contributed by atoms with Crippen LogP contribution >= 0.6 is 0 Å². The van der Waals surface area contributed by atoms with Gasteiger partial charge in [0.2, 0.25) is 0 Å². The Bertz CT molecular complexity index is 1040. The van der Waals surface area contributed by atoms with Crippen LogP contribution in [0.2, 0.25) is 0 Å². The Morgan fingerprint density at radius 1 is 1.23 bits per heavy atom. The van der Waals surface area contributed by atoms with Crippen molar-refractivity contribution >= 4 is 22.9 Å². The van der Waals surface area contributed by atoms with Gasteiger partial charge in [-0.1, -0.05) is 30.3 Å². The highest BCUT2D eigenvalue weighted by atomic mass is 16.5. The Balaban J connectivity index is 1.89. The number of fused-ring (bicyclic) bond motifs is 1. The molecule has 132 valence electrons. The first kappa shape index (κ1) is 17.3. The number of nitrogens with zero attached hydrogens (tertiary/aromatic N) is 3. The largest absolute Gasteiger partial charge is 0.497 e. The van der Waals surface area contributed by atoms with Crippen LogP contribution in [0.5, 0.6) is 5.75 Å². The zero-order chi connectivity index (χ0) is 18.5. The molecule has 0 unspecified atom stereocenters. The number of rotatable bonds is 5. The number of carbonyl (C=O) groups is 1. The number of methoxy groups -OCH3 is 1. The number of hydrazone groups is 1. The Hall–Kier alpha value is -3.48. The second-order valence-corrected chi connectivity index (χ2v) is 5.49. The second-order valence-electron chi connectivity index (χ2n) is 5.49. The molecule has 0 aliphatic rings. The third-order valence-electron chi connectivity index (χ3n) is 3.86. The van der Waals surface area contributed by atoms with Crippen LogP contribution in [0.4, 0.5) is 0 Å². The Morgan fingerprint density at radius 2 is 2.00 bits per heavy atom. The highest BCUT2D eigenvalue weighted by Crippen LogP contribution is 2.13. The number of hydrogen-bond donors (Lipinski definition) is 1. The van der Waals surface area contributed by atoms with Crippen LogP contribution in [0.15, 0.2) is 58.4 Å². The van der Waals surface area contributed by atoms with Crippen molar-refractivity contribution in [2.45, 2.75) is 13.5 Å². The third kappa shape index (κ3) is 3.46. The molecule has 1 amide bonds. The molecule has 26 heavy (non-hydrogen) atoms. The number of ether oxygens (including phenoxy) is 1. The molecule has 0 fully saturated rings. The van der Waals surface area contributed by atoms with Crippen molar-refractivity contribution in [1.82, 2.24) is 15.2 Å². The molecule has 0 atom stereocenters. The van der Waals surface area contributed by atoms with Crippen LogP contribution < -0.4 is 15.7 Å². The lowest BCUT2D eigenvalue weighted by Crippen LogP contribution is -2.28. The van der Waals surface area contributed by atoms with Crippen molar-refractivity contribution < 1.29 is 9.53 Å². The van der Waals surface area contributed by atoms with E-state index in [1.54, 1.807) is 44.4 Å². The summed E-state index contributed by atoms with van der Waals surface area (Å²) in [5, 5.41) is 9.09. The number of carbonyl (C=O) groups excluding carboxylic acids is 1. The predicted octanol–water partition coefficient (Wildman–Crippen LogP) is 2.19. The smallest absolute Gasteiger partial charge is 0.292 e. The zero-order valence-electron chi connectivity index (χ0n) is 14.5. The van der Waals surface area contributed by atoms with E-state index in [9.17, 15) is 9.59 Å². The minimum Gasteiger partial charge on any atom is -0.497 e. The highest BCUT2D eigenvalue weighted by molar-refractivity contribution is 6.04. The molecular weight excluding hydrogens is 332 g/mol. The summed E-state index contributed by atoms with van der Waals surface area (Å²) < 4.78 is 6.41. The molecule has 7 nitrogen and oxygen atoms in total. The van der Waals surface area contributed by atoms with Crippen LogP contribution in [0.1, 0.15) is 23.0 Å². The van der Waals surface area contributed by atoms with E-state index in [-0.39, 0.29) is 11.3 Å². The van der Waals surface area contributed by atoms with E-state index in [1.807, 2.05) is 18.2 Å². The zero-order valence-corrected chi connectivity index (χ0v) is 14.5. The molecule has 0 bridgehead atoms. The average Bonchev–Trinajstić information content (AvgIpc) is 2.68. The minimum atomic E-state index is -0.484. The topological polar surface area (TPSA) is 85.6 Å². The van der Waals surface area contributed by atoms with Crippen LogP contribution in [0.25, 0.3) is 10.8 Å². The Kier molecular flexibility index (Phi) is 5.07. The number of nitrogens with one attached hydrogen (secondary N) is 1. The average molecular weight is 350 g/mol. The van der Waals surface area contributed by atoms with E-state index in [0.717, 1.165) is 5.56 Å². The summed E-state index contributed by atoms with van der Waals surface area (Å²) in [7, 11) is 1.58. The third-order valence-corrected chi connectivity index (χ3v) is 3.86. The molecule has 1 aromatic heterocycles. The molecule has 2 aromatic carbocycles. The second kappa shape index (κ2) is 7.60. The molecule has 0 radical (unpaired) electrons. The first-order valence-electron chi connectivity index (χ1n) is 8.11. The van der Waals surface area contributed by atoms with Gasteiger partial charge in [0.1, 0.15) is 5.75 Å². The number of benzene rings is 2. The minimum absolute atomic E-state index is 0.157. The summed E-state index contributed by atoms with van der Waals surface area (Å²) in [6.07, 6.45) is 1.51. The first-order chi connectivity index (χ1) is 12.6. The van der Waals surface area contributed by atoms with Crippen LogP contribution in [-0.4, -0.2) is 29.0 Å². The summed E-state index contributed by atoms with van der Waals surface area (Å²) in [6.45, 7) is 2.17. The molecule has 7 heteroatoms. The number of aryl methyl sites for hydroxylation is 1. The van der Waals surface area contributed by atoms with E-state index in [1.165, 1.54) is 10.9 Å². The molecular formula is C19H18N4O3. The van der Waals surface area contributed by atoms with Crippen molar-refractivity contribution in [2.75, 3.05) is 7.11 Å². The maximum absolute atomic E-state index is 12.5. The number of amides is 1. The van der Waals surface area contributed by atoms with E-state index < -0.39 is 5.91 Å². The summed E-state index contributed by atoms with van der Waals surface area (Å²) in [6, 6.07) is 14.2. The van der Waals surface area contributed by atoms with Gasteiger partial charge in [-0.05, 0) is 30.7 Å². The molecule has 0 saturated carbocycles. The molecule has 1 heterocycles. The Labute approximate surface area is 149 Å². The predicted molar refractivity (Wildman–Crippen MR) is 99.7 cm³/mol. The van der Waals surface area contributed by atoms with Gasteiger partial charge < -0.3 is 4.74 Å². The fourth-order valence-corrected chi connectivity index (χ4v) is 2.56. The van der Waals surface area contributed by atoms with Gasteiger partial charge in [-0.3, -0.25) is 9.59 Å². The van der Waals surface area contributed by atoms with E-state index in [2.05, 4.69) is 15.6 Å². The molecule has 0 aliphatic heterocycles. The molecule has 0 aliphatic carbocycles. The van der Waals surface area contributed by atoms with E-state index in [0.29, 0.717) is 23.1 Å². The molecule has 3 rings (SSSR count). The van der Waals surface area contributed by atoms with Crippen molar-refractivity contribution in [3.8, 4) is 5.75 Å². The van der Waals surface area contributed by atoms with E-state index in [4.69, 9.17) is 4.74 Å². The standard InChI is InChI=1S/C19H18N4O3/c1-3-23-19(25)16-10-5-4-9-15(16)17(22-23)18(24)21-20-12-13-7-6-8-14(11-13)26-2/h4-12H,3H2,1-2H3,(H,21,24)/b20-12+. The van der Waals surface area contributed by atoms with Gasteiger partial charge in [-0.25, -0.2) is 10.1 Å². The molecule has 3 aromatic rings. The Morgan fingerprint density at radius 3 is 2.73 bits per heavy atom. The van der Waals surface area contributed by atoms with Gasteiger partial charge in [-0.15, -0.1) is 0 Å². The van der Waals surface area contributed by atoms with Crippen molar-refractivity contribution in [3.63, 3.8) is 0 Å². The maximum Gasteiger partial charge on any atom is 0.292 e. The van der Waals surface area contributed by atoms with Gasteiger partial charge in [0.05, 0.1) is 18.7 Å². The van der Waals surface area contributed by atoms with Gasteiger partial charge in [0, 0.05) is 11.9 Å². The highest BCUT2D eigenvalue weighted by Gasteiger charge is 2.15. The molecule has 0 spiro atoms. The van der Waals surface area contributed by atoms with Crippen molar-refractivity contribution in [1.29, 1.82) is 0 Å². The molecule has 0 saturated heterocycles. The van der Waals surface area contributed by atoms with Crippen LogP contribution in [0, 0.1) is 0 Å². The summed E-state index contributed by atoms with van der Waals surface area (Å²) in [4.78, 5) is 24.8.